The largest absolute Gasteiger partial charge is 0.467 e. The lowest BCUT2D eigenvalue weighted by atomic mass is 10.2. The number of nitrogens with zero attached hydrogens (tertiary/aromatic N) is 2. The Bertz CT molecular complexity index is 704. The van der Waals surface area contributed by atoms with Crippen LogP contribution in [0.25, 0.3) is 0 Å². The Kier molecular flexibility index (Phi) is 4.50. The quantitative estimate of drug-likeness (QED) is 0.830. The molecule has 0 fully saturated rings. The van der Waals surface area contributed by atoms with E-state index in [1.807, 2.05) is 0 Å². The predicted octanol–water partition coefficient (Wildman–Crippen LogP) is 1.03. The van der Waals surface area contributed by atoms with Gasteiger partial charge in [0.15, 0.2) is 0 Å². The topological polar surface area (TPSA) is 97.4 Å². The monoisotopic (exact) mass is 313 g/mol. The van der Waals surface area contributed by atoms with E-state index in [0.717, 1.165) is 0 Å². The summed E-state index contributed by atoms with van der Waals surface area (Å²) in [4.78, 5) is 0.192. The summed E-state index contributed by atoms with van der Waals surface area (Å²) in [6.45, 7) is 3.46. The zero-order chi connectivity index (χ0) is 15.6. The van der Waals surface area contributed by atoms with E-state index in [1.54, 1.807) is 33.0 Å². The highest BCUT2D eigenvalue weighted by atomic mass is 32.2. The van der Waals surface area contributed by atoms with Gasteiger partial charge < -0.3 is 9.52 Å². The first-order valence-corrected chi connectivity index (χ1v) is 8.02. The summed E-state index contributed by atoms with van der Waals surface area (Å²) < 4.78 is 33.6. The van der Waals surface area contributed by atoms with E-state index in [-0.39, 0.29) is 17.9 Å². The van der Waals surface area contributed by atoms with E-state index in [0.29, 0.717) is 17.1 Å². The highest BCUT2D eigenvalue weighted by Crippen LogP contribution is 2.19. The SMILES string of the molecule is Cc1nn(C)c(C)c1S(=O)(=O)NCC[C@@H](O)c1ccco1. The average molecular weight is 313 g/mol. The van der Waals surface area contributed by atoms with Crippen molar-refractivity contribution < 1.29 is 17.9 Å². The van der Waals surface area contributed by atoms with Crippen LogP contribution < -0.4 is 4.72 Å². The van der Waals surface area contributed by atoms with Crippen molar-refractivity contribution in [1.29, 1.82) is 0 Å². The van der Waals surface area contributed by atoms with Gasteiger partial charge in [-0.05, 0) is 32.4 Å². The normalized spacial score (nSPS) is 13.5. The summed E-state index contributed by atoms with van der Waals surface area (Å²) in [5, 5.41) is 13.9. The van der Waals surface area contributed by atoms with Crippen molar-refractivity contribution in [3.63, 3.8) is 0 Å². The third kappa shape index (κ3) is 3.34. The maximum absolute atomic E-state index is 12.3. The van der Waals surface area contributed by atoms with Crippen LogP contribution in [0.3, 0.4) is 0 Å². The summed E-state index contributed by atoms with van der Waals surface area (Å²) in [7, 11) is -1.94. The van der Waals surface area contributed by atoms with Gasteiger partial charge in [0.25, 0.3) is 0 Å². The lowest BCUT2D eigenvalue weighted by Crippen LogP contribution is -2.26. The fourth-order valence-corrected chi connectivity index (χ4v) is 3.65. The molecule has 2 aromatic rings. The molecule has 2 N–H and O–H groups in total. The molecular weight excluding hydrogens is 294 g/mol. The standard InChI is InChI=1S/C13H19N3O4S/c1-9-13(10(2)16(3)15-9)21(18,19)14-7-6-11(17)12-5-4-8-20-12/h4-5,8,11,14,17H,6-7H2,1-3H3/t11-/m1/s1. The van der Waals surface area contributed by atoms with Crippen LogP contribution in [0, 0.1) is 13.8 Å². The molecule has 0 aliphatic rings. The molecule has 21 heavy (non-hydrogen) atoms. The number of furan rings is 1. The highest BCUT2D eigenvalue weighted by Gasteiger charge is 2.23. The van der Waals surface area contributed by atoms with E-state index in [1.165, 1.54) is 10.9 Å². The van der Waals surface area contributed by atoms with Crippen molar-refractivity contribution in [3.05, 3.63) is 35.5 Å². The van der Waals surface area contributed by atoms with E-state index in [4.69, 9.17) is 4.42 Å². The van der Waals surface area contributed by atoms with Crippen molar-refractivity contribution in [3.8, 4) is 0 Å². The molecule has 2 aromatic heterocycles. The van der Waals surface area contributed by atoms with E-state index >= 15 is 0 Å². The number of sulfonamides is 1. The van der Waals surface area contributed by atoms with E-state index in [9.17, 15) is 13.5 Å². The van der Waals surface area contributed by atoms with Gasteiger partial charge in [0.05, 0.1) is 17.7 Å². The minimum Gasteiger partial charge on any atom is -0.467 e. The van der Waals surface area contributed by atoms with Crippen LogP contribution in [0.15, 0.2) is 27.7 Å². The van der Waals surface area contributed by atoms with Crippen molar-refractivity contribution in [2.75, 3.05) is 6.54 Å². The Balaban J connectivity index is 2.02. The third-order valence-corrected chi connectivity index (χ3v) is 5.01. The van der Waals surface area contributed by atoms with Gasteiger partial charge in [-0.15, -0.1) is 0 Å². The Hall–Kier alpha value is -1.64. The van der Waals surface area contributed by atoms with Crippen LogP contribution in [-0.2, 0) is 17.1 Å². The van der Waals surface area contributed by atoms with Crippen LogP contribution >= 0.6 is 0 Å². The van der Waals surface area contributed by atoms with Gasteiger partial charge in [-0.1, -0.05) is 0 Å². The van der Waals surface area contributed by atoms with Gasteiger partial charge in [-0.2, -0.15) is 5.10 Å². The molecule has 0 aromatic carbocycles. The molecule has 8 heteroatoms. The fourth-order valence-electron chi connectivity index (χ4n) is 2.17. The molecule has 2 rings (SSSR count). The van der Waals surface area contributed by atoms with Crippen LogP contribution in [-0.4, -0.2) is 29.8 Å². The summed E-state index contributed by atoms with van der Waals surface area (Å²) in [5.41, 5.74) is 1.03. The van der Waals surface area contributed by atoms with E-state index < -0.39 is 16.1 Å². The molecule has 1 atom stereocenters. The van der Waals surface area contributed by atoms with Gasteiger partial charge in [0, 0.05) is 13.6 Å². The van der Waals surface area contributed by atoms with Gasteiger partial charge in [-0.3, -0.25) is 4.68 Å². The molecule has 0 aliphatic heterocycles. The predicted molar refractivity (Wildman–Crippen MR) is 76.2 cm³/mol. The molecule has 0 spiro atoms. The minimum absolute atomic E-state index is 0.109. The Morgan fingerprint density at radius 1 is 1.48 bits per heavy atom. The molecular formula is C13H19N3O4S. The first kappa shape index (κ1) is 15.7. The maximum Gasteiger partial charge on any atom is 0.244 e. The first-order valence-electron chi connectivity index (χ1n) is 6.54. The van der Waals surface area contributed by atoms with Crippen LogP contribution in [0.1, 0.15) is 29.7 Å². The molecule has 0 radical (unpaired) electrons. The number of hydrogen-bond acceptors (Lipinski definition) is 5. The second kappa shape index (κ2) is 6.00. The van der Waals surface area contributed by atoms with Crippen molar-refractivity contribution in [2.45, 2.75) is 31.3 Å². The van der Waals surface area contributed by atoms with Gasteiger partial charge in [0.1, 0.15) is 16.8 Å². The molecule has 0 saturated heterocycles. The maximum atomic E-state index is 12.3. The van der Waals surface area contributed by atoms with Crippen LogP contribution in [0.2, 0.25) is 0 Å². The molecule has 116 valence electrons. The van der Waals surface area contributed by atoms with Crippen molar-refractivity contribution in [2.24, 2.45) is 7.05 Å². The number of rotatable bonds is 6. The summed E-state index contributed by atoms with van der Waals surface area (Å²) in [5.74, 6) is 0.419. The number of nitrogens with one attached hydrogen (secondary N) is 1. The Morgan fingerprint density at radius 2 is 2.19 bits per heavy atom. The number of aliphatic hydroxyl groups is 1. The Morgan fingerprint density at radius 3 is 2.71 bits per heavy atom. The zero-order valence-corrected chi connectivity index (χ0v) is 13.0. The molecule has 0 bridgehead atoms. The van der Waals surface area contributed by atoms with Gasteiger partial charge in [0.2, 0.25) is 10.0 Å². The van der Waals surface area contributed by atoms with Gasteiger partial charge >= 0.3 is 0 Å². The molecule has 0 aliphatic carbocycles. The van der Waals surface area contributed by atoms with Crippen LogP contribution in [0.5, 0.6) is 0 Å². The minimum atomic E-state index is -3.64. The summed E-state index contributed by atoms with van der Waals surface area (Å²) in [6.07, 6.45) is 0.856. The molecule has 7 nitrogen and oxygen atoms in total. The number of hydrogen-bond donors (Lipinski definition) is 2. The number of aromatic nitrogens is 2. The Labute approximate surface area is 123 Å². The number of aryl methyl sites for hydroxylation is 2. The van der Waals surface area contributed by atoms with Crippen molar-refractivity contribution >= 4 is 10.0 Å². The first-order chi connectivity index (χ1) is 9.83. The van der Waals surface area contributed by atoms with Crippen molar-refractivity contribution in [1.82, 2.24) is 14.5 Å². The number of aliphatic hydroxyl groups excluding tert-OH is 1. The van der Waals surface area contributed by atoms with Crippen LogP contribution in [0.4, 0.5) is 0 Å². The second-order valence-corrected chi connectivity index (χ2v) is 6.55. The highest BCUT2D eigenvalue weighted by molar-refractivity contribution is 7.89. The summed E-state index contributed by atoms with van der Waals surface area (Å²) >= 11 is 0. The average Bonchev–Trinajstić information content (AvgIpc) is 2.98. The zero-order valence-electron chi connectivity index (χ0n) is 12.2. The van der Waals surface area contributed by atoms with E-state index in [2.05, 4.69) is 9.82 Å². The lowest BCUT2D eigenvalue weighted by molar-refractivity contribution is 0.142. The second-order valence-electron chi connectivity index (χ2n) is 4.84. The summed E-state index contributed by atoms with van der Waals surface area (Å²) in [6, 6.07) is 3.32. The smallest absolute Gasteiger partial charge is 0.244 e. The molecule has 2 heterocycles. The lowest BCUT2D eigenvalue weighted by Gasteiger charge is -2.10. The molecule has 0 amide bonds. The molecule has 0 saturated carbocycles. The fraction of sp³-hybridized carbons (Fsp3) is 0.462. The molecule has 0 unspecified atom stereocenters. The van der Waals surface area contributed by atoms with Gasteiger partial charge in [-0.25, -0.2) is 13.1 Å². The third-order valence-electron chi connectivity index (χ3n) is 3.29.